The molecule has 18 heavy (non-hydrogen) atoms. The van der Waals surface area contributed by atoms with Crippen molar-refractivity contribution in [3.63, 3.8) is 0 Å². The molecule has 0 atom stereocenters. The number of hydrogen-bond acceptors (Lipinski definition) is 3. The van der Waals surface area contributed by atoms with Gasteiger partial charge in [0.2, 0.25) is 0 Å². The first-order valence-corrected chi connectivity index (χ1v) is 5.85. The van der Waals surface area contributed by atoms with Crippen LogP contribution in [0.5, 0.6) is 0 Å². The van der Waals surface area contributed by atoms with Crippen molar-refractivity contribution in [2.75, 3.05) is 13.1 Å². The van der Waals surface area contributed by atoms with Gasteiger partial charge in [-0.3, -0.25) is 9.78 Å². The van der Waals surface area contributed by atoms with E-state index in [-0.39, 0.29) is 11.9 Å². The summed E-state index contributed by atoms with van der Waals surface area (Å²) in [5.41, 5.74) is 0.526. The lowest BCUT2D eigenvalue weighted by molar-refractivity contribution is 0.0907. The number of pyridine rings is 1. The van der Waals surface area contributed by atoms with Crippen LogP contribution in [0.4, 0.5) is 4.79 Å². The predicted octanol–water partition coefficient (Wildman–Crippen LogP) is 0.954. The Morgan fingerprint density at radius 2 is 2.11 bits per heavy atom. The Hall–Kier alpha value is -2.11. The molecule has 2 rings (SSSR count). The lowest BCUT2D eigenvalue weighted by Crippen LogP contribution is -2.46. The summed E-state index contributed by atoms with van der Waals surface area (Å²) in [7, 11) is 0. The third kappa shape index (κ3) is 2.97. The number of nitrogens with zero attached hydrogens (tertiary/aromatic N) is 2. The van der Waals surface area contributed by atoms with Crippen LogP contribution in [0.2, 0.25) is 0 Å². The molecular formula is C12H15N3O3. The van der Waals surface area contributed by atoms with Crippen molar-refractivity contribution in [2.45, 2.75) is 18.9 Å². The fourth-order valence-corrected chi connectivity index (χ4v) is 1.98. The van der Waals surface area contributed by atoms with Crippen LogP contribution in [-0.2, 0) is 0 Å². The van der Waals surface area contributed by atoms with Gasteiger partial charge in [0, 0.05) is 31.5 Å². The van der Waals surface area contributed by atoms with E-state index in [2.05, 4.69) is 10.3 Å². The van der Waals surface area contributed by atoms with Gasteiger partial charge in [-0.15, -0.1) is 0 Å². The zero-order valence-electron chi connectivity index (χ0n) is 9.87. The highest BCUT2D eigenvalue weighted by atomic mass is 16.4. The number of likely N-dealkylation sites (tertiary alicyclic amines) is 1. The third-order valence-electron chi connectivity index (χ3n) is 3.02. The average molecular weight is 249 g/mol. The van der Waals surface area contributed by atoms with Crippen LogP contribution < -0.4 is 5.32 Å². The number of aromatic nitrogens is 1. The smallest absolute Gasteiger partial charge is 0.407 e. The van der Waals surface area contributed by atoms with E-state index in [1.807, 2.05) is 0 Å². The highest BCUT2D eigenvalue weighted by Gasteiger charge is 2.23. The molecule has 2 heterocycles. The second-order valence-corrected chi connectivity index (χ2v) is 4.26. The van der Waals surface area contributed by atoms with E-state index in [1.165, 1.54) is 11.1 Å². The molecule has 0 aromatic carbocycles. The zero-order valence-corrected chi connectivity index (χ0v) is 9.87. The lowest BCUT2D eigenvalue weighted by Gasteiger charge is -2.30. The monoisotopic (exact) mass is 249 g/mol. The lowest BCUT2D eigenvalue weighted by atomic mass is 10.1. The van der Waals surface area contributed by atoms with Gasteiger partial charge in [0.15, 0.2) is 0 Å². The maximum Gasteiger partial charge on any atom is 0.407 e. The second-order valence-electron chi connectivity index (χ2n) is 4.26. The third-order valence-corrected chi connectivity index (χ3v) is 3.02. The molecule has 0 aliphatic carbocycles. The van der Waals surface area contributed by atoms with Crippen molar-refractivity contribution in [3.05, 3.63) is 30.1 Å². The molecule has 0 saturated carbocycles. The van der Waals surface area contributed by atoms with Crippen molar-refractivity contribution in [2.24, 2.45) is 0 Å². The highest BCUT2D eigenvalue weighted by Crippen LogP contribution is 2.11. The van der Waals surface area contributed by atoms with Gasteiger partial charge in [-0.05, 0) is 25.0 Å². The van der Waals surface area contributed by atoms with Gasteiger partial charge < -0.3 is 15.3 Å². The summed E-state index contributed by atoms with van der Waals surface area (Å²) < 4.78 is 0. The highest BCUT2D eigenvalue weighted by molar-refractivity contribution is 5.94. The number of amides is 2. The molecule has 1 aliphatic heterocycles. The van der Waals surface area contributed by atoms with Gasteiger partial charge in [-0.25, -0.2) is 4.79 Å². The van der Waals surface area contributed by atoms with Crippen LogP contribution >= 0.6 is 0 Å². The van der Waals surface area contributed by atoms with Crippen LogP contribution in [-0.4, -0.2) is 46.1 Å². The average Bonchev–Trinajstić information content (AvgIpc) is 2.40. The Bertz CT molecular complexity index is 427. The largest absolute Gasteiger partial charge is 0.465 e. The van der Waals surface area contributed by atoms with Crippen LogP contribution in [0.3, 0.4) is 0 Å². The van der Waals surface area contributed by atoms with Crippen LogP contribution in [0.15, 0.2) is 24.5 Å². The number of nitrogens with one attached hydrogen (secondary N) is 1. The maximum absolute atomic E-state index is 11.8. The summed E-state index contributed by atoms with van der Waals surface area (Å²) in [5, 5.41) is 11.7. The van der Waals surface area contributed by atoms with Crippen LogP contribution in [0, 0.1) is 0 Å². The van der Waals surface area contributed by atoms with Crippen LogP contribution in [0.1, 0.15) is 23.2 Å². The fraction of sp³-hybridized carbons (Fsp3) is 0.417. The van der Waals surface area contributed by atoms with Gasteiger partial charge in [0.1, 0.15) is 0 Å². The topological polar surface area (TPSA) is 82.5 Å². The molecule has 6 heteroatoms. The SMILES string of the molecule is O=C(NC1CCN(C(=O)O)CC1)c1cccnc1. The first-order valence-electron chi connectivity index (χ1n) is 5.85. The van der Waals surface area contributed by atoms with Crippen molar-refractivity contribution in [1.29, 1.82) is 0 Å². The minimum atomic E-state index is -0.896. The standard InChI is InChI=1S/C12H15N3O3/c16-11(9-2-1-5-13-8-9)14-10-3-6-15(7-4-10)12(17)18/h1-2,5,8,10H,3-4,6-7H2,(H,14,16)(H,17,18). The summed E-state index contributed by atoms with van der Waals surface area (Å²) in [4.78, 5) is 27.8. The molecular weight excluding hydrogens is 234 g/mol. The summed E-state index contributed by atoms with van der Waals surface area (Å²) in [6, 6.07) is 3.45. The number of rotatable bonds is 2. The maximum atomic E-state index is 11.8. The molecule has 2 N–H and O–H groups in total. The van der Waals surface area contributed by atoms with E-state index in [9.17, 15) is 9.59 Å². The normalized spacial score (nSPS) is 16.3. The van der Waals surface area contributed by atoms with Crippen molar-refractivity contribution >= 4 is 12.0 Å². The van der Waals surface area contributed by atoms with Gasteiger partial charge in [0.05, 0.1) is 5.56 Å². The molecule has 0 spiro atoms. The zero-order chi connectivity index (χ0) is 13.0. The number of carbonyl (C=O) groups excluding carboxylic acids is 1. The molecule has 1 aromatic rings. The molecule has 2 amide bonds. The van der Waals surface area contributed by atoms with E-state index < -0.39 is 6.09 Å². The van der Waals surface area contributed by atoms with E-state index >= 15 is 0 Å². The van der Waals surface area contributed by atoms with E-state index in [0.29, 0.717) is 31.5 Å². The molecule has 96 valence electrons. The van der Waals surface area contributed by atoms with Crippen molar-refractivity contribution < 1.29 is 14.7 Å². The molecule has 1 aliphatic rings. The van der Waals surface area contributed by atoms with Crippen molar-refractivity contribution in [1.82, 2.24) is 15.2 Å². The molecule has 6 nitrogen and oxygen atoms in total. The molecule has 1 fully saturated rings. The number of hydrogen-bond donors (Lipinski definition) is 2. The molecule has 0 unspecified atom stereocenters. The van der Waals surface area contributed by atoms with Gasteiger partial charge >= 0.3 is 6.09 Å². The summed E-state index contributed by atoms with van der Waals surface area (Å²) in [6.07, 6.45) is 3.53. The van der Waals surface area contributed by atoms with E-state index in [1.54, 1.807) is 18.3 Å². The molecule has 1 saturated heterocycles. The molecule has 1 aromatic heterocycles. The summed E-state index contributed by atoms with van der Waals surface area (Å²) in [5.74, 6) is -0.156. The van der Waals surface area contributed by atoms with Crippen molar-refractivity contribution in [3.8, 4) is 0 Å². The van der Waals surface area contributed by atoms with E-state index in [0.717, 1.165) is 0 Å². The minimum Gasteiger partial charge on any atom is -0.465 e. The van der Waals surface area contributed by atoms with E-state index in [4.69, 9.17) is 5.11 Å². The Morgan fingerprint density at radius 1 is 1.39 bits per heavy atom. The summed E-state index contributed by atoms with van der Waals surface area (Å²) in [6.45, 7) is 0.931. The number of piperidine rings is 1. The first-order chi connectivity index (χ1) is 8.66. The summed E-state index contributed by atoms with van der Waals surface area (Å²) >= 11 is 0. The second kappa shape index (κ2) is 5.48. The Balaban J connectivity index is 1.85. The minimum absolute atomic E-state index is 0.0355. The number of carbonyl (C=O) groups is 2. The fourth-order valence-electron chi connectivity index (χ4n) is 1.98. The Labute approximate surface area is 105 Å². The predicted molar refractivity (Wildman–Crippen MR) is 64.3 cm³/mol. The quantitative estimate of drug-likeness (QED) is 0.817. The Morgan fingerprint density at radius 3 is 2.67 bits per heavy atom. The molecule has 0 radical (unpaired) electrons. The van der Waals surface area contributed by atoms with Gasteiger partial charge in [-0.2, -0.15) is 0 Å². The first kappa shape index (κ1) is 12.3. The van der Waals surface area contributed by atoms with Gasteiger partial charge in [0.25, 0.3) is 5.91 Å². The van der Waals surface area contributed by atoms with Gasteiger partial charge in [-0.1, -0.05) is 0 Å². The Kier molecular flexibility index (Phi) is 3.76. The number of carboxylic acid groups (broad SMARTS) is 1. The molecule has 0 bridgehead atoms. The van der Waals surface area contributed by atoms with Crippen LogP contribution in [0.25, 0.3) is 0 Å².